The fraction of sp³-hybridized carbons (Fsp3) is 0.917. The molecule has 20 heavy (non-hydrogen) atoms. The van der Waals surface area contributed by atoms with Gasteiger partial charge in [-0.3, -0.25) is 4.79 Å². The van der Waals surface area contributed by atoms with Gasteiger partial charge in [-0.25, -0.2) is 12.7 Å². The molecule has 116 valence electrons. The Kier molecular flexibility index (Phi) is 4.38. The van der Waals surface area contributed by atoms with Crippen molar-refractivity contribution in [3.8, 4) is 0 Å². The molecule has 0 aromatic heterocycles. The molecule has 7 nitrogen and oxygen atoms in total. The number of aliphatic carboxylic acids is 1. The van der Waals surface area contributed by atoms with Crippen molar-refractivity contribution in [2.24, 2.45) is 11.7 Å². The summed E-state index contributed by atoms with van der Waals surface area (Å²) >= 11 is 0. The van der Waals surface area contributed by atoms with Gasteiger partial charge in [-0.2, -0.15) is 0 Å². The molecule has 0 amide bonds. The lowest BCUT2D eigenvalue weighted by Crippen LogP contribution is -2.51. The van der Waals surface area contributed by atoms with Crippen LogP contribution in [0.1, 0.15) is 19.3 Å². The van der Waals surface area contributed by atoms with E-state index in [0.29, 0.717) is 32.6 Å². The lowest BCUT2D eigenvalue weighted by atomic mass is 9.98. The minimum absolute atomic E-state index is 0.259. The summed E-state index contributed by atoms with van der Waals surface area (Å²) in [5.74, 6) is -0.698. The summed E-state index contributed by atoms with van der Waals surface area (Å²) in [4.78, 5) is 13.2. The molecule has 0 saturated carbocycles. The molecule has 2 rings (SSSR count). The van der Waals surface area contributed by atoms with E-state index in [9.17, 15) is 13.2 Å². The maximum Gasteiger partial charge on any atom is 0.325 e. The van der Waals surface area contributed by atoms with Crippen LogP contribution in [0.4, 0.5) is 0 Å². The molecule has 0 radical (unpaired) electrons. The van der Waals surface area contributed by atoms with E-state index in [-0.39, 0.29) is 5.92 Å². The lowest BCUT2D eigenvalue weighted by molar-refractivity contribution is -0.142. The van der Waals surface area contributed by atoms with Crippen molar-refractivity contribution in [3.63, 3.8) is 0 Å². The average Bonchev–Trinajstić information content (AvgIpc) is 2.72. The molecule has 0 spiro atoms. The zero-order chi connectivity index (χ0) is 15.0. The molecule has 2 unspecified atom stereocenters. The standard InChI is InChI=1S/C12H23N3O4S/c1-20(18,19)15-5-2-3-10(8-15)7-14-6-4-12(13,9-14)11(16)17/h10H,2-9,13H2,1H3,(H,16,17). The summed E-state index contributed by atoms with van der Waals surface area (Å²) in [6.45, 7) is 2.85. The lowest BCUT2D eigenvalue weighted by Gasteiger charge is -2.33. The van der Waals surface area contributed by atoms with E-state index in [2.05, 4.69) is 0 Å². The summed E-state index contributed by atoms with van der Waals surface area (Å²) < 4.78 is 24.7. The van der Waals surface area contributed by atoms with Crippen LogP contribution in [0.5, 0.6) is 0 Å². The molecule has 0 aromatic carbocycles. The Bertz CT molecular complexity index is 481. The normalized spacial score (nSPS) is 33.4. The first-order chi connectivity index (χ1) is 9.21. The number of carboxylic acid groups (broad SMARTS) is 1. The van der Waals surface area contributed by atoms with Crippen LogP contribution in [0.25, 0.3) is 0 Å². The molecule has 2 saturated heterocycles. The molecule has 3 N–H and O–H groups in total. The topological polar surface area (TPSA) is 104 Å². The summed E-state index contributed by atoms with van der Waals surface area (Å²) in [5, 5.41) is 9.11. The van der Waals surface area contributed by atoms with Gasteiger partial charge < -0.3 is 15.7 Å². The highest BCUT2D eigenvalue weighted by atomic mass is 32.2. The van der Waals surface area contributed by atoms with E-state index < -0.39 is 21.5 Å². The fourth-order valence-corrected chi connectivity index (χ4v) is 4.03. The van der Waals surface area contributed by atoms with E-state index in [1.807, 2.05) is 4.90 Å². The number of nitrogens with two attached hydrogens (primary N) is 1. The van der Waals surface area contributed by atoms with Gasteiger partial charge in [-0.05, 0) is 25.2 Å². The molecular weight excluding hydrogens is 282 g/mol. The van der Waals surface area contributed by atoms with Crippen LogP contribution in [-0.4, -0.2) is 73.2 Å². The third-order valence-corrected chi connectivity index (χ3v) is 5.54. The van der Waals surface area contributed by atoms with Gasteiger partial charge >= 0.3 is 5.97 Å². The molecule has 0 bridgehead atoms. The average molecular weight is 305 g/mol. The number of carboxylic acids is 1. The molecule has 2 atom stereocenters. The molecule has 0 aliphatic carbocycles. The Morgan fingerprint density at radius 1 is 1.45 bits per heavy atom. The predicted molar refractivity (Wildman–Crippen MR) is 74.8 cm³/mol. The summed E-state index contributed by atoms with van der Waals surface area (Å²) in [7, 11) is -3.13. The number of carbonyl (C=O) groups is 1. The minimum atomic E-state index is -3.13. The number of hydrogen-bond donors (Lipinski definition) is 2. The second kappa shape index (κ2) is 5.59. The zero-order valence-electron chi connectivity index (χ0n) is 11.8. The maximum atomic E-state index is 11.6. The predicted octanol–water partition coefficient (Wildman–Crippen LogP) is -0.854. The third kappa shape index (κ3) is 3.49. The third-order valence-electron chi connectivity index (χ3n) is 4.27. The highest BCUT2D eigenvalue weighted by molar-refractivity contribution is 7.88. The maximum absolute atomic E-state index is 11.6. The number of hydrogen-bond acceptors (Lipinski definition) is 5. The van der Waals surface area contributed by atoms with Crippen molar-refractivity contribution in [2.45, 2.75) is 24.8 Å². The Morgan fingerprint density at radius 3 is 2.70 bits per heavy atom. The van der Waals surface area contributed by atoms with Gasteiger partial charge in [0.05, 0.1) is 6.26 Å². The largest absolute Gasteiger partial charge is 0.480 e. The monoisotopic (exact) mass is 305 g/mol. The van der Waals surface area contributed by atoms with Gasteiger partial charge in [0.25, 0.3) is 0 Å². The second-order valence-electron chi connectivity index (χ2n) is 6.08. The van der Waals surface area contributed by atoms with Crippen molar-refractivity contribution in [1.82, 2.24) is 9.21 Å². The first-order valence-corrected chi connectivity index (χ1v) is 8.75. The molecule has 2 heterocycles. The van der Waals surface area contributed by atoms with Crippen LogP contribution in [-0.2, 0) is 14.8 Å². The van der Waals surface area contributed by atoms with Crippen LogP contribution in [0.15, 0.2) is 0 Å². The molecule has 0 aromatic rings. The molecular formula is C12H23N3O4S. The Hall–Kier alpha value is -0.700. The van der Waals surface area contributed by atoms with Crippen LogP contribution in [0.3, 0.4) is 0 Å². The SMILES string of the molecule is CS(=O)(=O)N1CCCC(CN2CCC(N)(C(=O)O)C2)C1. The number of nitrogens with zero attached hydrogens (tertiary/aromatic N) is 2. The highest BCUT2D eigenvalue weighted by Gasteiger charge is 2.42. The Balaban J connectivity index is 1.90. The van der Waals surface area contributed by atoms with Crippen molar-refractivity contribution < 1.29 is 18.3 Å². The number of piperidine rings is 1. The van der Waals surface area contributed by atoms with Crippen LogP contribution < -0.4 is 5.73 Å². The smallest absolute Gasteiger partial charge is 0.325 e. The minimum Gasteiger partial charge on any atom is -0.480 e. The molecule has 2 fully saturated rings. The highest BCUT2D eigenvalue weighted by Crippen LogP contribution is 2.24. The van der Waals surface area contributed by atoms with Crippen LogP contribution >= 0.6 is 0 Å². The van der Waals surface area contributed by atoms with Crippen LogP contribution in [0, 0.1) is 5.92 Å². The summed E-state index contributed by atoms with van der Waals surface area (Å²) in [6, 6.07) is 0. The van der Waals surface area contributed by atoms with E-state index in [0.717, 1.165) is 19.4 Å². The number of likely N-dealkylation sites (tertiary alicyclic amines) is 1. The van der Waals surface area contributed by atoms with Gasteiger partial charge in [0.1, 0.15) is 5.54 Å². The van der Waals surface area contributed by atoms with Crippen LogP contribution in [0.2, 0.25) is 0 Å². The fourth-order valence-electron chi connectivity index (χ4n) is 3.09. The van der Waals surface area contributed by atoms with Gasteiger partial charge in [0.2, 0.25) is 10.0 Å². The first kappa shape index (κ1) is 15.7. The van der Waals surface area contributed by atoms with E-state index >= 15 is 0 Å². The van der Waals surface area contributed by atoms with Crippen molar-refractivity contribution in [2.75, 3.05) is 39.0 Å². The molecule has 8 heteroatoms. The van der Waals surface area contributed by atoms with E-state index in [4.69, 9.17) is 10.8 Å². The van der Waals surface area contributed by atoms with E-state index in [1.54, 1.807) is 0 Å². The summed E-state index contributed by atoms with van der Waals surface area (Å²) in [6.07, 6.45) is 3.52. The zero-order valence-corrected chi connectivity index (χ0v) is 12.6. The first-order valence-electron chi connectivity index (χ1n) is 6.90. The van der Waals surface area contributed by atoms with Gasteiger partial charge in [0, 0.05) is 32.7 Å². The number of rotatable bonds is 4. The van der Waals surface area contributed by atoms with Crippen molar-refractivity contribution in [3.05, 3.63) is 0 Å². The van der Waals surface area contributed by atoms with E-state index in [1.165, 1.54) is 10.6 Å². The Morgan fingerprint density at radius 2 is 2.15 bits per heavy atom. The Labute approximate surface area is 119 Å². The summed E-state index contributed by atoms with van der Waals surface area (Å²) in [5.41, 5.74) is 4.70. The van der Waals surface area contributed by atoms with Gasteiger partial charge in [-0.1, -0.05) is 0 Å². The molecule has 2 aliphatic rings. The number of sulfonamides is 1. The van der Waals surface area contributed by atoms with Crippen molar-refractivity contribution >= 4 is 16.0 Å². The van der Waals surface area contributed by atoms with Gasteiger partial charge in [-0.15, -0.1) is 0 Å². The quantitative estimate of drug-likeness (QED) is 0.701. The van der Waals surface area contributed by atoms with Gasteiger partial charge in [0.15, 0.2) is 0 Å². The second-order valence-corrected chi connectivity index (χ2v) is 8.06. The van der Waals surface area contributed by atoms with Crippen molar-refractivity contribution in [1.29, 1.82) is 0 Å². The molecule has 2 aliphatic heterocycles.